The van der Waals surface area contributed by atoms with Gasteiger partial charge < -0.3 is 0 Å². The molecule has 7 nitrogen and oxygen atoms in total. The van der Waals surface area contributed by atoms with Crippen LogP contribution in [0.1, 0.15) is 12.8 Å². The van der Waals surface area contributed by atoms with Gasteiger partial charge in [-0.25, -0.2) is 0 Å². The van der Waals surface area contributed by atoms with Crippen molar-refractivity contribution >= 4 is 95.1 Å². The zero-order valence-electron chi connectivity index (χ0n) is 12.0. The van der Waals surface area contributed by atoms with E-state index in [0.29, 0.717) is 8.46 Å². The first-order chi connectivity index (χ1) is 10.9. The van der Waals surface area contributed by atoms with Crippen LogP contribution < -0.4 is 5.32 Å². The molecular formula is C10H14B2I2N3O4P2. The van der Waals surface area contributed by atoms with Crippen molar-refractivity contribution in [1.82, 2.24) is 15.1 Å². The Morgan fingerprint density at radius 1 is 1.17 bits per heavy atom. The minimum absolute atomic E-state index is 0.00191. The largest absolute Gasteiger partial charge is 0.281 e. The van der Waals surface area contributed by atoms with Gasteiger partial charge in [0.25, 0.3) is 4.29 Å². The quantitative estimate of drug-likeness (QED) is 0.202. The maximum Gasteiger partial charge on any atom is 0.252 e. The van der Waals surface area contributed by atoms with Crippen molar-refractivity contribution in [3.8, 4) is 0 Å². The van der Waals surface area contributed by atoms with Crippen LogP contribution in [-0.4, -0.2) is 61.6 Å². The Bertz CT molecular complexity index is 542. The minimum Gasteiger partial charge on any atom is -0.281 e. The summed E-state index contributed by atoms with van der Waals surface area (Å²) >= 11 is 4.18. The maximum atomic E-state index is 12.1. The van der Waals surface area contributed by atoms with Gasteiger partial charge in [0.2, 0.25) is 28.5 Å². The third-order valence-electron chi connectivity index (χ3n) is 3.71. The number of rotatable bonds is 7. The van der Waals surface area contributed by atoms with Crippen LogP contribution in [0.4, 0.5) is 0 Å². The molecule has 2 aliphatic heterocycles. The van der Waals surface area contributed by atoms with Crippen LogP contribution in [0.2, 0.25) is 5.82 Å². The molecule has 2 fully saturated rings. The summed E-state index contributed by atoms with van der Waals surface area (Å²) < 4.78 is 0.00191. The van der Waals surface area contributed by atoms with Gasteiger partial charge in [0, 0.05) is 18.7 Å². The third-order valence-corrected chi connectivity index (χ3v) is 7.10. The molecule has 2 aliphatic rings. The zero-order chi connectivity index (χ0) is 17.1. The van der Waals surface area contributed by atoms with Crippen molar-refractivity contribution in [1.29, 1.82) is 0 Å². The van der Waals surface area contributed by atoms with E-state index in [1.165, 1.54) is 0 Å². The molecule has 13 heteroatoms. The normalized spacial score (nSPS) is 25.3. The van der Waals surface area contributed by atoms with Gasteiger partial charge in [-0.1, -0.05) is 0 Å². The molecule has 4 amide bonds. The Morgan fingerprint density at radius 2 is 1.74 bits per heavy atom. The monoisotopic (exact) mass is 578 g/mol. The standard InChI is InChI=1S/C10H14B2I2N3O4P2/c13-11-23-6-2-8(19)17(10(6)21)4-15-3-16-7(18)1-5(9(16)20)12(14)22/h5-6,15,23H,1-4,22H2. The molecule has 0 aromatic rings. The summed E-state index contributed by atoms with van der Waals surface area (Å²) in [6.45, 7) is 0.0424. The van der Waals surface area contributed by atoms with Crippen molar-refractivity contribution in [3.63, 3.8) is 0 Å². The van der Waals surface area contributed by atoms with E-state index in [9.17, 15) is 19.2 Å². The Kier molecular flexibility index (Phi) is 7.72. The Morgan fingerprint density at radius 3 is 2.26 bits per heavy atom. The number of halogens is 2. The van der Waals surface area contributed by atoms with E-state index in [-0.39, 0.29) is 65.6 Å². The van der Waals surface area contributed by atoms with Crippen molar-refractivity contribution in [3.05, 3.63) is 0 Å². The number of carbonyl (C=O) groups excluding carboxylic acids is 4. The fourth-order valence-electron chi connectivity index (χ4n) is 2.45. The van der Waals surface area contributed by atoms with Crippen LogP contribution in [0.25, 0.3) is 0 Å². The highest BCUT2D eigenvalue weighted by atomic mass is 127. The number of imide groups is 2. The number of amides is 4. The third kappa shape index (κ3) is 4.65. The van der Waals surface area contributed by atoms with Crippen LogP contribution >= 0.6 is 62.3 Å². The fourth-order valence-corrected chi connectivity index (χ4v) is 5.36. The van der Waals surface area contributed by atoms with Crippen LogP contribution in [0.15, 0.2) is 0 Å². The molecule has 2 rings (SSSR count). The number of carbonyl (C=O) groups is 4. The molecule has 0 spiro atoms. The van der Waals surface area contributed by atoms with Gasteiger partial charge >= 0.3 is 0 Å². The first-order valence-electron chi connectivity index (χ1n) is 6.83. The number of hydrogen-bond acceptors (Lipinski definition) is 5. The lowest BCUT2D eigenvalue weighted by Gasteiger charge is -2.20. The lowest BCUT2D eigenvalue weighted by Crippen LogP contribution is -2.45. The second-order valence-corrected chi connectivity index (χ2v) is 11.8. The topological polar surface area (TPSA) is 86.8 Å². The molecule has 2 heterocycles. The summed E-state index contributed by atoms with van der Waals surface area (Å²) in [5.74, 6) is -1.17. The Hall–Kier alpha value is 0.690. The summed E-state index contributed by atoms with van der Waals surface area (Å²) in [5.41, 5.74) is -0.266. The van der Waals surface area contributed by atoms with E-state index in [1.807, 2.05) is 4.86 Å². The van der Waals surface area contributed by atoms with Gasteiger partial charge in [-0.2, -0.15) is 31.5 Å². The average molecular weight is 578 g/mol. The van der Waals surface area contributed by atoms with Gasteiger partial charge in [0.1, 0.15) is 0 Å². The number of nitrogens with zero attached hydrogens (tertiary/aromatic N) is 2. The smallest absolute Gasteiger partial charge is 0.252 e. The molecule has 0 bridgehead atoms. The zero-order valence-corrected chi connectivity index (χ0v) is 18.5. The second-order valence-electron chi connectivity index (χ2n) is 5.17. The predicted octanol–water partition coefficient (Wildman–Crippen LogP) is 0.194. The summed E-state index contributed by atoms with van der Waals surface area (Å²) in [5, 5.41) is 2.86. The van der Waals surface area contributed by atoms with Crippen molar-refractivity contribution in [2.45, 2.75) is 24.3 Å². The van der Waals surface area contributed by atoms with Gasteiger partial charge in [-0.3, -0.25) is 34.3 Å². The molecule has 123 valence electrons. The summed E-state index contributed by atoms with van der Waals surface area (Å²) in [4.78, 5) is 52.2. The molecule has 4 unspecified atom stereocenters. The fraction of sp³-hybridized carbons (Fsp3) is 0.600. The van der Waals surface area contributed by atoms with Crippen LogP contribution in [0.5, 0.6) is 0 Å². The summed E-state index contributed by atoms with van der Waals surface area (Å²) in [7, 11) is 2.85. The molecule has 0 aromatic carbocycles. The van der Waals surface area contributed by atoms with Crippen molar-refractivity contribution < 1.29 is 19.2 Å². The van der Waals surface area contributed by atoms with E-state index >= 15 is 0 Å². The molecule has 0 aromatic heterocycles. The van der Waals surface area contributed by atoms with E-state index in [1.54, 1.807) is 0 Å². The van der Waals surface area contributed by atoms with Crippen molar-refractivity contribution in [2.75, 3.05) is 13.3 Å². The molecule has 1 radical (unpaired) electrons. The SMILES string of the molecule is O=C1CC(P[B]I)C(=O)N1CNCN1C(=O)CC(B(P)I)C1=O. The Labute approximate surface area is 166 Å². The number of hydrogen-bond donors (Lipinski definition) is 1. The molecule has 0 saturated carbocycles. The van der Waals surface area contributed by atoms with Gasteiger partial charge in [0.05, 0.1) is 19.0 Å². The van der Waals surface area contributed by atoms with E-state index in [0.717, 1.165) is 9.80 Å². The highest BCUT2D eigenvalue weighted by Gasteiger charge is 2.42. The lowest BCUT2D eigenvalue weighted by atomic mass is 9.84. The Balaban J connectivity index is 1.86. The molecule has 2 saturated heterocycles. The molecule has 1 N–H and O–H groups in total. The lowest BCUT2D eigenvalue weighted by molar-refractivity contribution is -0.139. The van der Waals surface area contributed by atoms with Crippen LogP contribution in [-0.2, 0) is 19.2 Å². The first kappa shape index (κ1) is 20.0. The van der Waals surface area contributed by atoms with Gasteiger partial charge in [-0.15, -0.1) is 30.8 Å². The first-order valence-corrected chi connectivity index (χ1v) is 11.1. The highest BCUT2D eigenvalue weighted by molar-refractivity contribution is 14.1. The summed E-state index contributed by atoms with van der Waals surface area (Å²) in [6.07, 6.45) is 0.430. The van der Waals surface area contributed by atoms with Crippen molar-refractivity contribution in [2.24, 2.45) is 0 Å². The molecule has 4 atom stereocenters. The minimum atomic E-state index is -0.324. The van der Waals surface area contributed by atoms with Gasteiger partial charge in [-0.05, 0) is 0 Å². The second kappa shape index (κ2) is 8.87. The number of nitrogens with one attached hydrogen (secondary N) is 1. The van der Waals surface area contributed by atoms with Crippen LogP contribution in [0.3, 0.4) is 0 Å². The van der Waals surface area contributed by atoms with E-state index in [2.05, 4.69) is 59.2 Å². The molecular weight excluding hydrogens is 564 g/mol. The molecule has 0 aliphatic carbocycles. The molecule has 23 heavy (non-hydrogen) atoms. The number of likely N-dealkylation sites (tertiary alicyclic amines) is 2. The van der Waals surface area contributed by atoms with E-state index in [4.69, 9.17) is 0 Å². The average Bonchev–Trinajstić information content (AvgIpc) is 2.91. The van der Waals surface area contributed by atoms with Gasteiger partial charge in [0.15, 0.2) is 0 Å². The predicted molar refractivity (Wildman–Crippen MR) is 111 cm³/mol. The van der Waals surface area contributed by atoms with E-state index < -0.39 is 0 Å². The van der Waals surface area contributed by atoms with Crippen LogP contribution in [0, 0.1) is 0 Å². The maximum absolute atomic E-state index is 12.1. The summed E-state index contributed by atoms with van der Waals surface area (Å²) in [6, 6.07) is 0. The highest BCUT2D eigenvalue weighted by Crippen LogP contribution is 2.33.